The van der Waals surface area contributed by atoms with Crippen LogP contribution in [0.15, 0.2) is 24.3 Å². The predicted octanol–water partition coefficient (Wildman–Crippen LogP) is 23.8. The number of likely N-dealkylation sites (N-methyl/N-ethyl adjacent to an activating group) is 1. The third-order valence-corrected chi connectivity index (χ3v) is 18.2. The average molecular weight is 1220 g/mol. The summed E-state index contributed by atoms with van der Waals surface area (Å²) in [6.07, 6.45) is 84.3. The minimum Gasteiger partial charge on any atom is -0.756 e. The number of carbonyl (C=O) groups is 2. The first-order chi connectivity index (χ1) is 41.5. The molecule has 9 nitrogen and oxygen atoms in total. The summed E-state index contributed by atoms with van der Waals surface area (Å²) >= 11 is 0. The van der Waals surface area contributed by atoms with Crippen molar-refractivity contribution in [3.8, 4) is 0 Å². The number of hydrogen-bond donors (Lipinski definition) is 0. The maximum Gasteiger partial charge on any atom is 0.306 e. The molecule has 0 heterocycles. The van der Waals surface area contributed by atoms with E-state index in [0.29, 0.717) is 17.4 Å². The van der Waals surface area contributed by atoms with E-state index in [0.717, 1.165) is 38.5 Å². The van der Waals surface area contributed by atoms with Crippen molar-refractivity contribution < 1.29 is 42.1 Å². The lowest BCUT2D eigenvalue weighted by atomic mass is 10.0. The van der Waals surface area contributed by atoms with Crippen LogP contribution in [-0.4, -0.2) is 70.0 Å². The Labute approximate surface area is 529 Å². The zero-order valence-corrected chi connectivity index (χ0v) is 58.5. The van der Waals surface area contributed by atoms with Crippen LogP contribution in [0.5, 0.6) is 0 Å². The maximum absolute atomic E-state index is 12.9. The lowest BCUT2D eigenvalue weighted by Gasteiger charge is -2.28. The molecule has 0 aliphatic heterocycles. The van der Waals surface area contributed by atoms with Gasteiger partial charge in [-0.15, -0.1) is 0 Å². The Balaban J connectivity index is 3.91. The summed E-state index contributed by atoms with van der Waals surface area (Å²) in [4.78, 5) is 38.1. The normalized spacial score (nSPS) is 13.2. The molecule has 0 radical (unpaired) electrons. The van der Waals surface area contributed by atoms with Gasteiger partial charge in [0.05, 0.1) is 27.7 Å². The lowest BCUT2D eigenvalue weighted by molar-refractivity contribution is -0.870. The van der Waals surface area contributed by atoms with Crippen LogP contribution in [0, 0.1) is 0 Å². The first-order valence-electron chi connectivity index (χ1n) is 37.5. The number of allylic oxidation sites excluding steroid dienone is 4. The van der Waals surface area contributed by atoms with Gasteiger partial charge in [-0.2, -0.15) is 0 Å². The number of hydrogen-bond acceptors (Lipinski definition) is 8. The number of ether oxygens (including phenoxy) is 2. The summed E-state index contributed by atoms with van der Waals surface area (Å²) in [7, 11) is 1.19. The predicted molar refractivity (Wildman–Crippen MR) is 365 cm³/mol. The molecule has 2 atom stereocenters. The van der Waals surface area contributed by atoms with Gasteiger partial charge in [-0.3, -0.25) is 14.2 Å². The highest BCUT2D eigenvalue weighted by Gasteiger charge is 2.22. The van der Waals surface area contributed by atoms with Crippen LogP contribution in [0.25, 0.3) is 0 Å². The molecule has 0 aromatic rings. The van der Waals surface area contributed by atoms with Crippen LogP contribution in [0.4, 0.5) is 0 Å². The summed E-state index contributed by atoms with van der Waals surface area (Å²) in [6, 6.07) is 0. The van der Waals surface area contributed by atoms with E-state index in [4.69, 9.17) is 18.5 Å². The van der Waals surface area contributed by atoms with Crippen molar-refractivity contribution >= 4 is 19.8 Å². The molecule has 0 saturated heterocycles. The summed E-state index contributed by atoms with van der Waals surface area (Å²) in [5.74, 6) is -0.806. The summed E-state index contributed by atoms with van der Waals surface area (Å²) < 4.78 is 34.4. The Bertz CT molecular complexity index is 1480. The van der Waals surface area contributed by atoms with E-state index < -0.39 is 26.5 Å². The van der Waals surface area contributed by atoms with Crippen LogP contribution in [-0.2, 0) is 32.7 Å². The van der Waals surface area contributed by atoms with E-state index in [9.17, 15) is 19.0 Å². The number of phosphoric ester groups is 1. The molecule has 0 fully saturated rings. The topological polar surface area (TPSA) is 111 Å². The van der Waals surface area contributed by atoms with E-state index in [-0.39, 0.29) is 32.0 Å². The van der Waals surface area contributed by atoms with Gasteiger partial charge in [-0.05, 0) is 44.9 Å². The number of phosphoric acid groups is 1. The van der Waals surface area contributed by atoms with Crippen molar-refractivity contribution in [2.45, 2.75) is 399 Å². The average Bonchev–Trinajstić information content (AvgIpc) is 3.50. The third kappa shape index (κ3) is 71.4. The van der Waals surface area contributed by atoms with Gasteiger partial charge in [-0.1, -0.05) is 359 Å². The Morgan fingerprint density at radius 2 is 0.635 bits per heavy atom. The minimum absolute atomic E-state index is 0.0261. The molecule has 0 saturated carbocycles. The van der Waals surface area contributed by atoms with Gasteiger partial charge in [0.1, 0.15) is 19.8 Å². The van der Waals surface area contributed by atoms with Gasteiger partial charge >= 0.3 is 11.9 Å². The second-order valence-corrected chi connectivity index (χ2v) is 28.4. The third-order valence-electron chi connectivity index (χ3n) is 17.2. The molecular weight excluding hydrogens is 1070 g/mol. The Morgan fingerprint density at radius 1 is 0.365 bits per heavy atom. The van der Waals surface area contributed by atoms with Crippen LogP contribution in [0.1, 0.15) is 393 Å². The molecule has 0 amide bonds. The van der Waals surface area contributed by atoms with Crippen LogP contribution >= 0.6 is 7.82 Å². The standard InChI is InChI=1S/C75H146NO8P/c1-6-8-10-12-14-16-18-20-22-24-26-28-30-32-33-34-35-36-37-38-39-40-41-42-43-44-46-48-50-52-54-56-58-60-62-64-66-68-75(78)84-73(72-83-85(79,80)82-70-69-76(3,4)5)71-81-74(77)67-65-63-61-59-57-55-53-51-49-47-45-31-29-27-25-23-21-19-17-15-13-11-9-7-2/h18,20,24,26,73H,6-17,19,21-23,25,27-72H2,1-5H3/b20-18-,26-24-. The minimum atomic E-state index is -4.64. The van der Waals surface area contributed by atoms with E-state index in [2.05, 4.69) is 38.2 Å². The fourth-order valence-electron chi connectivity index (χ4n) is 11.5. The van der Waals surface area contributed by atoms with Gasteiger partial charge in [0.2, 0.25) is 0 Å². The molecule has 0 aliphatic rings. The smallest absolute Gasteiger partial charge is 0.306 e. The number of esters is 2. The molecule has 85 heavy (non-hydrogen) atoms. The van der Waals surface area contributed by atoms with Crippen LogP contribution < -0.4 is 4.89 Å². The molecule has 504 valence electrons. The van der Waals surface area contributed by atoms with E-state index in [1.807, 2.05) is 21.1 Å². The first kappa shape index (κ1) is 83.5. The van der Waals surface area contributed by atoms with Crippen molar-refractivity contribution in [2.24, 2.45) is 0 Å². The van der Waals surface area contributed by atoms with Crippen LogP contribution in [0.2, 0.25) is 0 Å². The van der Waals surface area contributed by atoms with Gasteiger partial charge < -0.3 is 27.9 Å². The highest BCUT2D eigenvalue weighted by molar-refractivity contribution is 7.45. The van der Waals surface area contributed by atoms with Crippen molar-refractivity contribution in [3.63, 3.8) is 0 Å². The van der Waals surface area contributed by atoms with Crippen molar-refractivity contribution in [3.05, 3.63) is 24.3 Å². The van der Waals surface area contributed by atoms with Gasteiger partial charge in [-0.25, -0.2) is 0 Å². The zero-order valence-electron chi connectivity index (χ0n) is 57.6. The summed E-state index contributed by atoms with van der Waals surface area (Å²) in [5.41, 5.74) is 0. The number of unbranched alkanes of at least 4 members (excludes halogenated alkanes) is 53. The molecular formula is C75H146NO8P. The highest BCUT2D eigenvalue weighted by Crippen LogP contribution is 2.38. The van der Waals surface area contributed by atoms with Gasteiger partial charge in [0, 0.05) is 12.8 Å². The summed E-state index contributed by atoms with van der Waals surface area (Å²) in [5, 5.41) is 0. The lowest BCUT2D eigenvalue weighted by Crippen LogP contribution is -2.37. The molecule has 0 aliphatic carbocycles. The number of rotatable bonds is 71. The van der Waals surface area contributed by atoms with Gasteiger partial charge in [0.25, 0.3) is 7.82 Å². The Kier molecular flexibility index (Phi) is 65.7. The molecule has 0 spiro atoms. The number of quaternary nitrogens is 1. The van der Waals surface area contributed by atoms with Gasteiger partial charge in [0.15, 0.2) is 6.10 Å². The number of carbonyl (C=O) groups excluding carboxylic acids is 2. The molecule has 2 unspecified atom stereocenters. The maximum atomic E-state index is 12.9. The van der Waals surface area contributed by atoms with E-state index in [1.54, 1.807) is 0 Å². The van der Waals surface area contributed by atoms with Crippen molar-refractivity contribution in [2.75, 3.05) is 47.5 Å². The quantitative estimate of drug-likeness (QED) is 0.0195. The van der Waals surface area contributed by atoms with E-state index in [1.165, 1.54) is 321 Å². The van der Waals surface area contributed by atoms with E-state index >= 15 is 0 Å². The first-order valence-corrected chi connectivity index (χ1v) is 39.0. The molecule has 0 aromatic carbocycles. The van der Waals surface area contributed by atoms with Crippen molar-refractivity contribution in [1.29, 1.82) is 0 Å². The number of nitrogens with zero attached hydrogens (tertiary/aromatic N) is 1. The highest BCUT2D eigenvalue weighted by atomic mass is 31.2. The fourth-order valence-corrected chi connectivity index (χ4v) is 12.2. The fraction of sp³-hybridized carbons (Fsp3) is 0.920. The SMILES string of the molecule is CCCCCCC/C=C\C/C=C\CCCCCCCCCCCCCCCCCCCCCCCCCCCC(=O)OC(COC(=O)CCCCCCCCCCCCCCCCCCCCCCCCCC)COP(=O)([O-])OCC[N+](C)(C)C. The Hall–Kier alpha value is -1.51. The van der Waals surface area contributed by atoms with Crippen molar-refractivity contribution in [1.82, 2.24) is 0 Å². The van der Waals surface area contributed by atoms with Crippen LogP contribution in [0.3, 0.4) is 0 Å². The molecule has 0 rings (SSSR count). The second-order valence-electron chi connectivity index (χ2n) is 27.0. The Morgan fingerprint density at radius 3 is 0.929 bits per heavy atom. The monoisotopic (exact) mass is 1220 g/mol. The second kappa shape index (κ2) is 66.9. The molecule has 0 aromatic heterocycles. The molecule has 0 bridgehead atoms. The zero-order chi connectivity index (χ0) is 61.9. The molecule has 10 heteroatoms. The summed E-state index contributed by atoms with van der Waals surface area (Å²) in [6.45, 7) is 4.32. The largest absolute Gasteiger partial charge is 0.756 e. The molecule has 0 N–H and O–H groups in total.